The first-order valence-corrected chi connectivity index (χ1v) is 7.12. The van der Waals surface area contributed by atoms with Gasteiger partial charge in [-0.15, -0.1) is 0 Å². The molecule has 1 aliphatic heterocycles. The number of rotatable bonds is 3. The minimum atomic E-state index is 0.233. The van der Waals surface area contributed by atoms with E-state index in [2.05, 4.69) is 51.8 Å². The smallest absolute Gasteiger partial charge is 0.134 e. The van der Waals surface area contributed by atoms with E-state index >= 15 is 0 Å². The Labute approximate surface area is 119 Å². The van der Waals surface area contributed by atoms with Gasteiger partial charge in [0.2, 0.25) is 0 Å². The van der Waals surface area contributed by atoms with E-state index in [0.717, 1.165) is 31.2 Å². The number of fused-ring (bicyclic) bond motifs is 1. The maximum absolute atomic E-state index is 4.59. The second-order valence-electron chi connectivity index (χ2n) is 5.25. The number of hydrogen-bond donors (Lipinski definition) is 2. The second kappa shape index (κ2) is 5.59. The van der Waals surface area contributed by atoms with Gasteiger partial charge in [0.25, 0.3) is 0 Å². The molecule has 1 aliphatic rings. The first-order valence-electron chi connectivity index (χ1n) is 7.12. The maximum Gasteiger partial charge on any atom is 0.134 e. The van der Waals surface area contributed by atoms with Crippen molar-refractivity contribution in [1.82, 2.24) is 15.3 Å². The summed E-state index contributed by atoms with van der Waals surface area (Å²) in [7, 11) is 0. The number of nitrogens with zero attached hydrogens (tertiary/aromatic N) is 2. The van der Waals surface area contributed by atoms with Crippen molar-refractivity contribution >= 4 is 5.82 Å². The summed E-state index contributed by atoms with van der Waals surface area (Å²) in [5.41, 5.74) is 3.66. The quantitative estimate of drug-likeness (QED) is 0.898. The second-order valence-corrected chi connectivity index (χ2v) is 5.25. The minimum Gasteiger partial charge on any atom is -0.363 e. The molecule has 0 saturated heterocycles. The fourth-order valence-electron chi connectivity index (χ4n) is 2.62. The maximum atomic E-state index is 4.59. The molecule has 0 saturated carbocycles. The molecule has 0 aliphatic carbocycles. The van der Waals surface area contributed by atoms with Crippen LogP contribution in [-0.2, 0) is 13.0 Å². The molecule has 1 aromatic heterocycles. The van der Waals surface area contributed by atoms with Gasteiger partial charge in [-0.05, 0) is 19.4 Å². The highest BCUT2D eigenvalue weighted by Crippen LogP contribution is 2.24. The Balaban J connectivity index is 1.89. The summed E-state index contributed by atoms with van der Waals surface area (Å²) in [5.74, 6) is 1.81. The van der Waals surface area contributed by atoms with Crippen molar-refractivity contribution in [3.63, 3.8) is 0 Å². The van der Waals surface area contributed by atoms with Crippen LogP contribution in [0.15, 0.2) is 30.3 Å². The lowest BCUT2D eigenvalue weighted by Crippen LogP contribution is -2.27. The first kappa shape index (κ1) is 13.1. The number of hydrogen-bond acceptors (Lipinski definition) is 4. The lowest BCUT2D eigenvalue weighted by atomic mass is 10.1. The average Bonchev–Trinajstić information content (AvgIpc) is 2.48. The van der Waals surface area contributed by atoms with Crippen LogP contribution in [-0.4, -0.2) is 16.5 Å². The van der Waals surface area contributed by atoms with Crippen LogP contribution in [0.3, 0.4) is 0 Å². The van der Waals surface area contributed by atoms with E-state index in [-0.39, 0.29) is 6.04 Å². The normalized spacial score (nSPS) is 15.5. The summed E-state index contributed by atoms with van der Waals surface area (Å²) < 4.78 is 0. The van der Waals surface area contributed by atoms with Crippen LogP contribution in [0, 0.1) is 6.92 Å². The Morgan fingerprint density at radius 3 is 2.80 bits per heavy atom. The van der Waals surface area contributed by atoms with Crippen LogP contribution in [0.2, 0.25) is 0 Å². The van der Waals surface area contributed by atoms with Crippen molar-refractivity contribution in [3.8, 4) is 0 Å². The van der Waals surface area contributed by atoms with E-state index in [0.29, 0.717) is 0 Å². The Morgan fingerprint density at radius 2 is 2.00 bits per heavy atom. The Hall–Kier alpha value is -1.94. The molecule has 0 amide bonds. The third-order valence-electron chi connectivity index (χ3n) is 3.70. The summed E-state index contributed by atoms with van der Waals surface area (Å²) in [6, 6.07) is 10.7. The zero-order chi connectivity index (χ0) is 13.9. The predicted octanol–water partition coefficient (Wildman–Crippen LogP) is 2.60. The molecule has 0 fully saturated rings. The van der Waals surface area contributed by atoms with Gasteiger partial charge in [-0.25, -0.2) is 9.97 Å². The van der Waals surface area contributed by atoms with Crippen molar-refractivity contribution in [2.24, 2.45) is 0 Å². The van der Waals surface area contributed by atoms with E-state index in [1.807, 2.05) is 13.0 Å². The van der Waals surface area contributed by atoms with Crippen molar-refractivity contribution < 1.29 is 0 Å². The molecule has 0 bridgehead atoms. The van der Waals surface area contributed by atoms with Gasteiger partial charge in [0, 0.05) is 31.1 Å². The van der Waals surface area contributed by atoms with Crippen LogP contribution >= 0.6 is 0 Å². The molecule has 1 aromatic carbocycles. The molecule has 4 nitrogen and oxygen atoms in total. The summed E-state index contributed by atoms with van der Waals surface area (Å²) in [6.07, 6.45) is 0.979. The van der Waals surface area contributed by atoms with E-state index in [9.17, 15) is 0 Å². The van der Waals surface area contributed by atoms with E-state index in [1.54, 1.807) is 0 Å². The summed E-state index contributed by atoms with van der Waals surface area (Å²) in [5, 5.41) is 6.93. The fourth-order valence-corrected chi connectivity index (χ4v) is 2.62. The van der Waals surface area contributed by atoms with E-state index < -0.39 is 0 Å². The Morgan fingerprint density at radius 1 is 1.20 bits per heavy atom. The lowest BCUT2D eigenvalue weighted by molar-refractivity contribution is 0.622. The molecular formula is C16H20N4. The molecule has 1 unspecified atom stereocenters. The zero-order valence-corrected chi connectivity index (χ0v) is 12.0. The number of aryl methyl sites for hydroxylation is 1. The Bertz CT molecular complexity index is 595. The molecular weight excluding hydrogens is 248 g/mol. The molecule has 0 spiro atoms. The summed E-state index contributed by atoms with van der Waals surface area (Å²) >= 11 is 0. The van der Waals surface area contributed by atoms with E-state index in [4.69, 9.17) is 0 Å². The fraction of sp³-hybridized carbons (Fsp3) is 0.375. The number of anilines is 1. The molecule has 2 aromatic rings. The number of benzene rings is 1. The van der Waals surface area contributed by atoms with Gasteiger partial charge in [0.05, 0.1) is 5.69 Å². The molecule has 3 rings (SSSR count). The van der Waals surface area contributed by atoms with Crippen molar-refractivity contribution in [2.45, 2.75) is 32.9 Å². The van der Waals surface area contributed by atoms with Crippen LogP contribution in [0.5, 0.6) is 0 Å². The van der Waals surface area contributed by atoms with Crippen LogP contribution < -0.4 is 10.6 Å². The molecule has 4 heteroatoms. The minimum absolute atomic E-state index is 0.233. The highest BCUT2D eigenvalue weighted by Gasteiger charge is 2.17. The molecule has 0 radical (unpaired) electrons. The lowest BCUT2D eigenvalue weighted by Gasteiger charge is -2.22. The summed E-state index contributed by atoms with van der Waals surface area (Å²) in [4.78, 5) is 9.15. The van der Waals surface area contributed by atoms with Crippen LogP contribution in [0.1, 0.15) is 35.6 Å². The highest BCUT2D eigenvalue weighted by atomic mass is 15.1. The third kappa shape index (κ3) is 2.65. The van der Waals surface area contributed by atoms with Gasteiger partial charge in [0.1, 0.15) is 11.6 Å². The van der Waals surface area contributed by atoms with Gasteiger partial charge in [-0.3, -0.25) is 0 Å². The third-order valence-corrected chi connectivity index (χ3v) is 3.70. The van der Waals surface area contributed by atoms with Crippen molar-refractivity contribution in [1.29, 1.82) is 0 Å². The van der Waals surface area contributed by atoms with Gasteiger partial charge in [-0.2, -0.15) is 0 Å². The monoisotopic (exact) mass is 268 g/mol. The predicted molar refractivity (Wildman–Crippen MR) is 80.7 cm³/mol. The largest absolute Gasteiger partial charge is 0.363 e. The van der Waals surface area contributed by atoms with Crippen LogP contribution in [0.4, 0.5) is 5.82 Å². The topological polar surface area (TPSA) is 49.8 Å². The van der Waals surface area contributed by atoms with Crippen molar-refractivity contribution in [2.75, 3.05) is 11.9 Å². The Kier molecular flexibility index (Phi) is 3.65. The van der Waals surface area contributed by atoms with E-state index in [1.165, 1.54) is 16.8 Å². The standard InChI is InChI=1S/C16H20N4/c1-11(13-6-4-3-5-7-13)18-16-14-10-17-9-8-15(14)19-12(2)20-16/h3-7,11,17H,8-10H2,1-2H3,(H,18,19,20). The van der Waals surface area contributed by atoms with Crippen molar-refractivity contribution in [3.05, 3.63) is 53.0 Å². The molecule has 2 heterocycles. The van der Waals surface area contributed by atoms with Gasteiger partial charge < -0.3 is 10.6 Å². The van der Waals surface area contributed by atoms with Gasteiger partial charge in [-0.1, -0.05) is 30.3 Å². The van der Waals surface area contributed by atoms with Crippen LogP contribution in [0.25, 0.3) is 0 Å². The molecule has 104 valence electrons. The molecule has 2 N–H and O–H groups in total. The molecule has 1 atom stereocenters. The number of aromatic nitrogens is 2. The van der Waals surface area contributed by atoms with Gasteiger partial charge >= 0.3 is 0 Å². The molecule has 20 heavy (non-hydrogen) atoms. The zero-order valence-electron chi connectivity index (χ0n) is 12.0. The number of nitrogens with one attached hydrogen (secondary N) is 2. The summed E-state index contributed by atoms with van der Waals surface area (Å²) in [6.45, 7) is 5.96. The average molecular weight is 268 g/mol. The first-order chi connectivity index (χ1) is 9.74. The highest BCUT2D eigenvalue weighted by molar-refractivity contribution is 5.49. The SMILES string of the molecule is Cc1nc2c(c(NC(C)c3ccccc3)n1)CNCC2. The van der Waals surface area contributed by atoms with Gasteiger partial charge in [0.15, 0.2) is 0 Å².